The number of imidazole rings is 1. The SMILES string of the molecule is CC(C)c1nc(C(=O)O)c2n1C(N)CCC2. The molecule has 5 nitrogen and oxygen atoms in total. The number of rotatable bonds is 2. The maximum atomic E-state index is 11.1. The van der Waals surface area contributed by atoms with Crippen molar-refractivity contribution in [3.05, 3.63) is 17.2 Å². The summed E-state index contributed by atoms with van der Waals surface area (Å²) in [4.78, 5) is 15.3. The molecule has 0 aliphatic carbocycles. The molecule has 0 bridgehead atoms. The Morgan fingerprint density at radius 2 is 2.31 bits per heavy atom. The van der Waals surface area contributed by atoms with Crippen molar-refractivity contribution in [3.63, 3.8) is 0 Å². The van der Waals surface area contributed by atoms with E-state index in [1.165, 1.54) is 0 Å². The lowest BCUT2D eigenvalue weighted by Gasteiger charge is -2.25. The molecule has 16 heavy (non-hydrogen) atoms. The van der Waals surface area contributed by atoms with Crippen molar-refractivity contribution in [1.29, 1.82) is 0 Å². The van der Waals surface area contributed by atoms with E-state index in [1.807, 2.05) is 18.4 Å². The largest absolute Gasteiger partial charge is 0.476 e. The van der Waals surface area contributed by atoms with E-state index >= 15 is 0 Å². The number of nitrogens with zero attached hydrogens (tertiary/aromatic N) is 2. The van der Waals surface area contributed by atoms with Crippen molar-refractivity contribution >= 4 is 5.97 Å². The zero-order chi connectivity index (χ0) is 11.9. The van der Waals surface area contributed by atoms with Gasteiger partial charge in [0, 0.05) is 5.92 Å². The summed E-state index contributed by atoms with van der Waals surface area (Å²) in [5.41, 5.74) is 6.99. The van der Waals surface area contributed by atoms with Gasteiger partial charge in [-0.1, -0.05) is 13.8 Å². The molecule has 0 radical (unpaired) electrons. The van der Waals surface area contributed by atoms with Gasteiger partial charge in [0.25, 0.3) is 0 Å². The third kappa shape index (κ3) is 1.61. The lowest BCUT2D eigenvalue weighted by Crippen LogP contribution is -2.27. The normalized spacial score (nSPS) is 19.9. The summed E-state index contributed by atoms with van der Waals surface area (Å²) in [5, 5.41) is 9.11. The van der Waals surface area contributed by atoms with Crippen LogP contribution in [0, 0.1) is 0 Å². The Kier molecular flexibility index (Phi) is 2.71. The highest BCUT2D eigenvalue weighted by atomic mass is 16.4. The number of fused-ring (bicyclic) bond motifs is 1. The summed E-state index contributed by atoms with van der Waals surface area (Å²) >= 11 is 0. The average Bonchev–Trinajstić information content (AvgIpc) is 2.58. The first-order chi connectivity index (χ1) is 7.52. The third-order valence-electron chi connectivity index (χ3n) is 3.00. The molecule has 3 N–H and O–H groups in total. The van der Waals surface area contributed by atoms with Crippen LogP contribution in [0.25, 0.3) is 0 Å². The van der Waals surface area contributed by atoms with Crippen molar-refractivity contribution < 1.29 is 9.90 Å². The van der Waals surface area contributed by atoms with Crippen LogP contribution in [0.5, 0.6) is 0 Å². The Hall–Kier alpha value is -1.36. The second-order valence-electron chi connectivity index (χ2n) is 4.55. The van der Waals surface area contributed by atoms with Gasteiger partial charge in [-0.2, -0.15) is 0 Å². The van der Waals surface area contributed by atoms with E-state index in [9.17, 15) is 4.79 Å². The maximum Gasteiger partial charge on any atom is 0.356 e. The molecule has 1 unspecified atom stereocenters. The molecule has 0 saturated heterocycles. The third-order valence-corrected chi connectivity index (χ3v) is 3.00. The summed E-state index contributed by atoms with van der Waals surface area (Å²) in [7, 11) is 0. The van der Waals surface area contributed by atoms with Gasteiger partial charge in [0.15, 0.2) is 5.69 Å². The number of carbonyl (C=O) groups is 1. The quantitative estimate of drug-likeness (QED) is 0.796. The fourth-order valence-corrected chi connectivity index (χ4v) is 2.28. The minimum atomic E-state index is -0.954. The van der Waals surface area contributed by atoms with Crippen LogP contribution in [0.3, 0.4) is 0 Å². The zero-order valence-electron chi connectivity index (χ0n) is 9.60. The summed E-state index contributed by atoms with van der Waals surface area (Å²) in [6, 6.07) is 0. The van der Waals surface area contributed by atoms with Gasteiger partial charge in [-0.05, 0) is 19.3 Å². The molecule has 1 aromatic heterocycles. The molecule has 2 rings (SSSR count). The smallest absolute Gasteiger partial charge is 0.356 e. The topological polar surface area (TPSA) is 81.1 Å². The Labute approximate surface area is 94.3 Å². The van der Waals surface area contributed by atoms with Crippen LogP contribution in [0.1, 0.15) is 60.8 Å². The van der Waals surface area contributed by atoms with Crippen molar-refractivity contribution in [2.24, 2.45) is 5.73 Å². The molecule has 88 valence electrons. The second kappa shape index (κ2) is 3.90. The van der Waals surface area contributed by atoms with Gasteiger partial charge >= 0.3 is 5.97 Å². The van der Waals surface area contributed by atoms with E-state index in [1.54, 1.807) is 0 Å². The Morgan fingerprint density at radius 1 is 1.62 bits per heavy atom. The number of carboxylic acids is 1. The van der Waals surface area contributed by atoms with E-state index < -0.39 is 5.97 Å². The van der Waals surface area contributed by atoms with E-state index in [2.05, 4.69) is 4.98 Å². The number of nitrogens with two attached hydrogens (primary N) is 1. The minimum absolute atomic E-state index is 0.123. The first kappa shape index (κ1) is 11.1. The molecule has 0 saturated carbocycles. The van der Waals surface area contributed by atoms with Gasteiger partial charge in [0.1, 0.15) is 5.82 Å². The number of hydrogen-bond acceptors (Lipinski definition) is 3. The molecule has 1 aliphatic heterocycles. The van der Waals surface area contributed by atoms with Crippen LogP contribution in [0.4, 0.5) is 0 Å². The maximum absolute atomic E-state index is 11.1. The van der Waals surface area contributed by atoms with Gasteiger partial charge in [-0.25, -0.2) is 9.78 Å². The molecule has 5 heteroatoms. The van der Waals surface area contributed by atoms with Crippen molar-refractivity contribution in [3.8, 4) is 0 Å². The molecule has 2 heterocycles. The Bertz CT molecular complexity index is 423. The first-order valence-electron chi connectivity index (χ1n) is 5.62. The van der Waals surface area contributed by atoms with Crippen LogP contribution in [0.15, 0.2) is 0 Å². The van der Waals surface area contributed by atoms with Gasteiger partial charge < -0.3 is 15.4 Å². The molecule has 0 aromatic carbocycles. The van der Waals surface area contributed by atoms with E-state index in [0.717, 1.165) is 30.8 Å². The average molecular weight is 223 g/mol. The molecule has 0 amide bonds. The summed E-state index contributed by atoms with van der Waals surface area (Å²) in [6.07, 6.45) is 2.46. The molecular formula is C11H17N3O2. The highest BCUT2D eigenvalue weighted by molar-refractivity contribution is 5.87. The lowest BCUT2D eigenvalue weighted by atomic mass is 10.1. The second-order valence-corrected chi connectivity index (χ2v) is 4.55. The Balaban J connectivity index is 2.60. The fraction of sp³-hybridized carbons (Fsp3) is 0.636. The highest BCUT2D eigenvalue weighted by Gasteiger charge is 2.28. The zero-order valence-corrected chi connectivity index (χ0v) is 9.60. The van der Waals surface area contributed by atoms with Gasteiger partial charge in [0.05, 0.1) is 11.9 Å². The predicted octanol–water partition coefficient (Wildman–Crippen LogP) is 1.50. The van der Waals surface area contributed by atoms with E-state index in [0.29, 0.717) is 0 Å². The highest BCUT2D eigenvalue weighted by Crippen LogP contribution is 2.29. The van der Waals surface area contributed by atoms with E-state index in [-0.39, 0.29) is 17.8 Å². The fourth-order valence-electron chi connectivity index (χ4n) is 2.28. The van der Waals surface area contributed by atoms with Gasteiger partial charge in [0.2, 0.25) is 0 Å². The monoisotopic (exact) mass is 223 g/mol. The van der Waals surface area contributed by atoms with Crippen LogP contribution in [-0.4, -0.2) is 20.6 Å². The number of aromatic carboxylic acids is 1. The van der Waals surface area contributed by atoms with Crippen LogP contribution in [-0.2, 0) is 6.42 Å². The molecule has 1 aliphatic rings. The van der Waals surface area contributed by atoms with Gasteiger partial charge in [-0.15, -0.1) is 0 Å². The molecule has 0 spiro atoms. The summed E-state index contributed by atoms with van der Waals surface area (Å²) in [5.74, 6) is 0.0281. The van der Waals surface area contributed by atoms with Crippen LogP contribution >= 0.6 is 0 Å². The van der Waals surface area contributed by atoms with Crippen molar-refractivity contribution in [1.82, 2.24) is 9.55 Å². The molecule has 0 fully saturated rings. The van der Waals surface area contributed by atoms with E-state index in [4.69, 9.17) is 10.8 Å². The predicted molar refractivity (Wildman–Crippen MR) is 59.4 cm³/mol. The molecule has 1 aromatic rings. The molecule has 1 atom stereocenters. The van der Waals surface area contributed by atoms with Crippen LogP contribution < -0.4 is 5.73 Å². The first-order valence-corrected chi connectivity index (χ1v) is 5.62. The number of carboxylic acid groups (broad SMARTS) is 1. The van der Waals surface area contributed by atoms with Crippen LogP contribution in [0.2, 0.25) is 0 Å². The molecular weight excluding hydrogens is 206 g/mol. The lowest BCUT2D eigenvalue weighted by molar-refractivity contribution is 0.0689. The van der Waals surface area contributed by atoms with Crippen molar-refractivity contribution in [2.75, 3.05) is 0 Å². The summed E-state index contributed by atoms with van der Waals surface area (Å²) in [6.45, 7) is 4.01. The number of hydrogen-bond donors (Lipinski definition) is 2. The minimum Gasteiger partial charge on any atom is -0.476 e. The van der Waals surface area contributed by atoms with Crippen molar-refractivity contribution in [2.45, 2.75) is 45.2 Å². The Morgan fingerprint density at radius 3 is 2.88 bits per heavy atom. The van der Waals surface area contributed by atoms with Gasteiger partial charge in [-0.3, -0.25) is 0 Å². The summed E-state index contributed by atoms with van der Waals surface area (Å²) < 4.78 is 1.91. The number of aromatic nitrogens is 2. The standard InChI is InChI=1S/C11H17N3O2/c1-6(2)10-13-9(11(15)16)7-4-3-5-8(12)14(7)10/h6,8H,3-5,12H2,1-2H3,(H,15,16).